The molecule has 1 atom stereocenters. The summed E-state index contributed by atoms with van der Waals surface area (Å²) in [4.78, 5) is 11.4. The highest BCUT2D eigenvalue weighted by atomic mass is 79.9. The summed E-state index contributed by atoms with van der Waals surface area (Å²) in [5.41, 5.74) is 2.70. The van der Waals surface area contributed by atoms with E-state index in [0.29, 0.717) is 0 Å². The van der Waals surface area contributed by atoms with Crippen molar-refractivity contribution in [2.45, 2.75) is 11.2 Å². The normalized spacial score (nSPS) is 19.7. The van der Waals surface area contributed by atoms with E-state index in [-0.39, 0.29) is 10.6 Å². The van der Waals surface area contributed by atoms with Crippen LogP contribution < -0.4 is 0 Å². The standard InChI is InChI=1S/C11H7BrO/c1-2-7-3-4-9-8(5-7)6-10(12)11(9)13/h1,3-5,10H,6H2. The zero-order valence-corrected chi connectivity index (χ0v) is 8.47. The largest absolute Gasteiger partial charge is 0.293 e. The van der Waals surface area contributed by atoms with Crippen molar-refractivity contribution in [3.8, 4) is 12.3 Å². The van der Waals surface area contributed by atoms with Gasteiger partial charge in [0.25, 0.3) is 0 Å². The first-order chi connectivity index (χ1) is 6.22. The molecule has 0 fully saturated rings. The molecule has 0 saturated heterocycles. The van der Waals surface area contributed by atoms with Crippen LogP contribution in [0.2, 0.25) is 0 Å². The van der Waals surface area contributed by atoms with Gasteiger partial charge >= 0.3 is 0 Å². The maximum Gasteiger partial charge on any atom is 0.177 e. The van der Waals surface area contributed by atoms with Crippen LogP contribution in [-0.2, 0) is 6.42 Å². The lowest BCUT2D eigenvalue weighted by atomic mass is 10.1. The Morgan fingerprint density at radius 2 is 2.31 bits per heavy atom. The van der Waals surface area contributed by atoms with E-state index in [0.717, 1.165) is 23.1 Å². The fraction of sp³-hybridized carbons (Fsp3) is 0.182. The van der Waals surface area contributed by atoms with Gasteiger partial charge in [0.15, 0.2) is 5.78 Å². The second kappa shape index (κ2) is 3.01. The van der Waals surface area contributed by atoms with Crippen LogP contribution in [0, 0.1) is 12.3 Å². The number of hydrogen-bond acceptors (Lipinski definition) is 1. The van der Waals surface area contributed by atoms with Gasteiger partial charge in [-0.25, -0.2) is 0 Å². The van der Waals surface area contributed by atoms with Crippen LogP contribution in [0.5, 0.6) is 0 Å². The Morgan fingerprint density at radius 3 is 3.00 bits per heavy atom. The number of carbonyl (C=O) groups is 1. The highest BCUT2D eigenvalue weighted by molar-refractivity contribution is 9.10. The molecule has 13 heavy (non-hydrogen) atoms. The maximum atomic E-state index is 11.5. The van der Waals surface area contributed by atoms with Crippen molar-refractivity contribution >= 4 is 21.7 Å². The second-order valence-electron chi connectivity index (χ2n) is 3.05. The van der Waals surface area contributed by atoms with Crippen molar-refractivity contribution in [1.29, 1.82) is 0 Å². The highest BCUT2D eigenvalue weighted by Gasteiger charge is 2.27. The van der Waals surface area contributed by atoms with Crippen molar-refractivity contribution in [3.05, 3.63) is 34.9 Å². The van der Waals surface area contributed by atoms with Gasteiger partial charge in [0.1, 0.15) is 0 Å². The Morgan fingerprint density at radius 1 is 1.54 bits per heavy atom. The highest BCUT2D eigenvalue weighted by Crippen LogP contribution is 2.27. The van der Waals surface area contributed by atoms with E-state index in [4.69, 9.17) is 6.42 Å². The fourth-order valence-corrected chi connectivity index (χ4v) is 2.14. The summed E-state index contributed by atoms with van der Waals surface area (Å²) >= 11 is 3.33. The molecule has 0 N–H and O–H groups in total. The van der Waals surface area contributed by atoms with Crippen LogP contribution in [0.1, 0.15) is 21.5 Å². The molecule has 0 saturated carbocycles. The number of benzene rings is 1. The monoisotopic (exact) mass is 234 g/mol. The van der Waals surface area contributed by atoms with E-state index in [2.05, 4.69) is 21.9 Å². The van der Waals surface area contributed by atoms with Gasteiger partial charge in [-0.1, -0.05) is 21.9 Å². The topological polar surface area (TPSA) is 17.1 Å². The Kier molecular flexibility index (Phi) is 1.97. The summed E-state index contributed by atoms with van der Waals surface area (Å²) in [6.45, 7) is 0. The lowest BCUT2D eigenvalue weighted by Gasteiger charge is -1.96. The van der Waals surface area contributed by atoms with Gasteiger partial charge in [-0.3, -0.25) is 4.79 Å². The molecule has 0 amide bonds. The average Bonchev–Trinajstić information content (AvgIpc) is 2.42. The molecule has 1 aromatic carbocycles. The average molecular weight is 235 g/mol. The van der Waals surface area contributed by atoms with E-state index >= 15 is 0 Å². The summed E-state index contributed by atoms with van der Waals surface area (Å²) in [5.74, 6) is 2.73. The van der Waals surface area contributed by atoms with Gasteiger partial charge in [0, 0.05) is 11.1 Å². The third-order valence-electron chi connectivity index (χ3n) is 2.22. The van der Waals surface area contributed by atoms with Crippen molar-refractivity contribution in [2.24, 2.45) is 0 Å². The van der Waals surface area contributed by atoms with Crippen molar-refractivity contribution in [1.82, 2.24) is 0 Å². The number of rotatable bonds is 0. The molecule has 1 aliphatic carbocycles. The summed E-state index contributed by atoms with van der Waals surface area (Å²) in [6.07, 6.45) is 6.02. The number of terminal acetylenes is 1. The number of carbonyl (C=O) groups excluding carboxylic acids is 1. The fourth-order valence-electron chi connectivity index (χ4n) is 1.55. The molecule has 1 nitrogen and oxygen atoms in total. The van der Waals surface area contributed by atoms with Gasteiger partial charge in [0.05, 0.1) is 4.83 Å². The summed E-state index contributed by atoms with van der Waals surface area (Å²) in [7, 11) is 0. The van der Waals surface area contributed by atoms with Crippen molar-refractivity contribution < 1.29 is 4.79 Å². The lowest BCUT2D eigenvalue weighted by molar-refractivity contribution is 0.100. The molecule has 0 aromatic heterocycles. The molecule has 1 unspecified atom stereocenters. The van der Waals surface area contributed by atoms with Crippen molar-refractivity contribution in [2.75, 3.05) is 0 Å². The van der Waals surface area contributed by atoms with E-state index in [1.54, 1.807) is 0 Å². The number of fused-ring (bicyclic) bond motifs is 1. The molecule has 1 aromatic rings. The molecule has 1 aliphatic rings. The smallest absolute Gasteiger partial charge is 0.177 e. The summed E-state index contributed by atoms with van der Waals surface area (Å²) in [6, 6.07) is 5.53. The third-order valence-corrected chi connectivity index (χ3v) is 2.96. The lowest BCUT2D eigenvalue weighted by Crippen LogP contribution is -2.05. The van der Waals surface area contributed by atoms with Gasteiger partial charge < -0.3 is 0 Å². The zero-order chi connectivity index (χ0) is 9.42. The first kappa shape index (κ1) is 8.52. The molecule has 0 heterocycles. The van der Waals surface area contributed by atoms with Crippen LogP contribution in [0.3, 0.4) is 0 Å². The quantitative estimate of drug-likeness (QED) is 0.497. The summed E-state index contributed by atoms with van der Waals surface area (Å²) < 4.78 is 0. The number of halogens is 1. The molecule has 64 valence electrons. The van der Waals surface area contributed by atoms with E-state index in [1.165, 1.54) is 0 Å². The molecule has 0 radical (unpaired) electrons. The third kappa shape index (κ3) is 1.30. The second-order valence-corrected chi connectivity index (χ2v) is 4.16. The SMILES string of the molecule is C#Cc1ccc2c(c1)CC(Br)C2=O. The van der Waals surface area contributed by atoms with Gasteiger partial charge in [-0.15, -0.1) is 6.42 Å². The molecule has 0 bridgehead atoms. The van der Waals surface area contributed by atoms with Gasteiger partial charge in [-0.2, -0.15) is 0 Å². The first-order valence-electron chi connectivity index (χ1n) is 4.00. The Hall–Kier alpha value is -1.07. The van der Waals surface area contributed by atoms with Crippen molar-refractivity contribution in [3.63, 3.8) is 0 Å². The maximum absolute atomic E-state index is 11.5. The summed E-state index contributed by atoms with van der Waals surface area (Å²) in [5, 5.41) is 0. The Bertz CT molecular complexity index is 415. The van der Waals surface area contributed by atoms with Crippen LogP contribution in [0.25, 0.3) is 0 Å². The molecular formula is C11H7BrO. The number of ketones is 1. The van der Waals surface area contributed by atoms with Crippen LogP contribution in [0.4, 0.5) is 0 Å². The minimum Gasteiger partial charge on any atom is -0.293 e. The first-order valence-corrected chi connectivity index (χ1v) is 4.92. The Labute approximate surface area is 85.3 Å². The van der Waals surface area contributed by atoms with E-state index in [9.17, 15) is 4.79 Å². The van der Waals surface area contributed by atoms with Gasteiger partial charge in [-0.05, 0) is 30.2 Å². The molecule has 0 aliphatic heterocycles. The van der Waals surface area contributed by atoms with Crippen LogP contribution in [-0.4, -0.2) is 10.6 Å². The molecule has 0 spiro atoms. The van der Waals surface area contributed by atoms with E-state index < -0.39 is 0 Å². The number of Topliss-reactive ketones (excluding diaryl/α,β-unsaturated/α-hetero) is 1. The van der Waals surface area contributed by atoms with E-state index in [1.807, 2.05) is 18.2 Å². The number of hydrogen-bond donors (Lipinski definition) is 0. The van der Waals surface area contributed by atoms with Gasteiger partial charge in [0.2, 0.25) is 0 Å². The minimum absolute atomic E-state index is 0.0597. The molecule has 2 heteroatoms. The predicted octanol–water partition coefficient (Wildman–Crippen LogP) is 2.17. The van der Waals surface area contributed by atoms with Crippen LogP contribution >= 0.6 is 15.9 Å². The Balaban J connectivity index is 2.54. The predicted molar refractivity (Wildman–Crippen MR) is 55.1 cm³/mol. The van der Waals surface area contributed by atoms with Crippen LogP contribution in [0.15, 0.2) is 18.2 Å². The number of alkyl halides is 1. The zero-order valence-electron chi connectivity index (χ0n) is 6.88. The molecule has 2 rings (SSSR count). The molecular weight excluding hydrogens is 228 g/mol. The minimum atomic E-state index is -0.0597.